The number of hydrogen-bond acceptors (Lipinski definition) is 6. The number of nitrogens with one attached hydrogen (secondary N) is 1. The molecule has 0 radical (unpaired) electrons. The van der Waals surface area contributed by atoms with Crippen molar-refractivity contribution in [2.75, 3.05) is 40.0 Å². The summed E-state index contributed by atoms with van der Waals surface area (Å²) in [4.78, 5) is 28.1. The van der Waals surface area contributed by atoms with Gasteiger partial charge in [-0.3, -0.25) is 4.79 Å². The normalized spacial score (nSPS) is 17.8. The van der Waals surface area contributed by atoms with Gasteiger partial charge >= 0.3 is 5.97 Å². The van der Waals surface area contributed by atoms with Crippen molar-refractivity contribution in [2.45, 2.75) is 57.5 Å². The maximum Gasteiger partial charge on any atom is 0.335 e. The zero-order chi connectivity index (χ0) is 32.6. The fraction of sp³-hybridized carbons (Fsp3) is 0.444. The highest BCUT2D eigenvalue weighted by Crippen LogP contribution is 2.37. The number of aryl methyl sites for hydroxylation is 2. The lowest BCUT2D eigenvalue weighted by Crippen LogP contribution is -2.47. The van der Waals surface area contributed by atoms with Gasteiger partial charge in [0, 0.05) is 32.8 Å². The van der Waals surface area contributed by atoms with Crippen LogP contribution >= 0.6 is 23.2 Å². The molecule has 2 atom stereocenters. The number of carboxylic acids is 1. The summed E-state index contributed by atoms with van der Waals surface area (Å²) in [6.45, 7) is 4.98. The van der Waals surface area contributed by atoms with Crippen molar-refractivity contribution in [3.8, 4) is 11.5 Å². The Balaban J connectivity index is 1.23. The molecule has 3 aromatic carbocycles. The zero-order valence-corrected chi connectivity index (χ0v) is 27.9. The van der Waals surface area contributed by atoms with E-state index in [2.05, 4.69) is 5.32 Å². The van der Waals surface area contributed by atoms with Gasteiger partial charge in [-0.05, 0) is 110 Å². The van der Waals surface area contributed by atoms with Crippen LogP contribution in [0.3, 0.4) is 0 Å². The first-order chi connectivity index (χ1) is 22.2. The molecule has 8 nitrogen and oxygen atoms in total. The van der Waals surface area contributed by atoms with Crippen LogP contribution in [0, 0.1) is 12.8 Å². The van der Waals surface area contributed by atoms with Gasteiger partial charge in [0.25, 0.3) is 0 Å². The van der Waals surface area contributed by atoms with Gasteiger partial charge in [-0.2, -0.15) is 0 Å². The van der Waals surface area contributed by atoms with Crippen molar-refractivity contribution < 1.29 is 28.9 Å². The van der Waals surface area contributed by atoms with Gasteiger partial charge in [0.2, 0.25) is 5.91 Å². The smallest absolute Gasteiger partial charge is 0.335 e. The van der Waals surface area contributed by atoms with Gasteiger partial charge in [0.1, 0.15) is 19.0 Å². The van der Waals surface area contributed by atoms with E-state index in [-0.39, 0.29) is 36.0 Å². The molecule has 1 aliphatic carbocycles. The van der Waals surface area contributed by atoms with E-state index in [0.717, 1.165) is 60.9 Å². The number of carbonyl (C=O) groups excluding carboxylic acids is 1. The fourth-order valence-electron chi connectivity index (χ4n) is 6.18. The molecular formula is C36H42Cl2N2O6. The first kappa shape index (κ1) is 34.0. The fourth-order valence-corrected chi connectivity index (χ4v) is 6.89. The van der Waals surface area contributed by atoms with Crippen LogP contribution in [-0.2, 0) is 22.5 Å². The van der Waals surface area contributed by atoms with Crippen molar-refractivity contribution in [1.82, 2.24) is 10.2 Å². The lowest BCUT2D eigenvalue weighted by atomic mass is 9.80. The molecule has 0 aromatic heterocycles. The molecule has 1 aliphatic heterocycles. The Labute approximate surface area is 280 Å². The predicted molar refractivity (Wildman–Crippen MR) is 180 cm³/mol. The van der Waals surface area contributed by atoms with Gasteiger partial charge < -0.3 is 29.5 Å². The molecule has 46 heavy (non-hydrogen) atoms. The van der Waals surface area contributed by atoms with Gasteiger partial charge in [-0.1, -0.05) is 41.4 Å². The highest BCUT2D eigenvalue weighted by Gasteiger charge is 2.40. The molecule has 3 aromatic rings. The first-order valence-electron chi connectivity index (χ1n) is 15.9. The highest BCUT2D eigenvalue weighted by atomic mass is 35.5. The molecule has 2 N–H and O–H groups in total. The number of piperidine rings is 1. The van der Waals surface area contributed by atoms with Crippen molar-refractivity contribution in [1.29, 1.82) is 0 Å². The summed E-state index contributed by atoms with van der Waals surface area (Å²) in [5.74, 6) is 0.162. The van der Waals surface area contributed by atoms with Gasteiger partial charge in [-0.15, -0.1) is 0 Å². The predicted octanol–water partition coefficient (Wildman–Crippen LogP) is 6.92. The van der Waals surface area contributed by atoms with Crippen LogP contribution in [0.5, 0.6) is 11.5 Å². The van der Waals surface area contributed by atoms with E-state index < -0.39 is 5.97 Å². The average molecular weight is 670 g/mol. The first-order valence-corrected chi connectivity index (χ1v) is 16.7. The van der Waals surface area contributed by atoms with Crippen molar-refractivity contribution in [3.63, 3.8) is 0 Å². The quantitative estimate of drug-likeness (QED) is 0.170. The number of rotatable bonds is 15. The molecule has 2 aliphatic rings. The summed E-state index contributed by atoms with van der Waals surface area (Å²) in [7, 11) is 1.66. The summed E-state index contributed by atoms with van der Waals surface area (Å²) in [6, 6.07) is 17.2. The van der Waals surface area contributed by atoms with Crippen LogP contribution < -0.4 is 14.8 Å². The summed E-state index contributed by atoms with van der Waals surface area (Å²) >= 11 is 12.5. The van der Waals surface area contributed by atoms with E-state index in [1.165, 1.54) is 0 Å². The largest absolute Gasteiger partial charge is 0.490 e. The molecule has 0 bridgehead atoms. The minimum Gasteiger partial charge on any atom is -0.490 e. The summed E-state index contributed by atoms with van der Waals surface area (Å²) in [5.41, 5.74) is 4.12. The molecule has 5 rings (SSSR count). The Bertz CT molecular complexity index is 1490. The number of aromatic carboxylic acids is 1. The van der Waals surface area contributed by atoms with E-state index in [1.807, 2.05) is 54.3 Å². The second-order valence-corrected chi connectivity index (χ2v) is 13.0. The number of nitrogens with zero attached hydrogens (tertiary/aromatic N) is 1. The Morgan fingerprint density at radius 1 is 0.935 bits per heavy atom. The SMILES string of the molecule is COCCCc1cc(CN(C(=O)[C@H]2CNCC[C@@H]2c2ccc(OCCOc3c(Cl)cc(C)cc3Cl)cc2)C2CC2)cc(C(=O)O)c1. The summed E-state index contributed by atoms with van der Waals surface area (Å²) in [6.07, 6.45) is 4.30. The zero-order valence-electron chi connectivity index (χ0n) is 26.4. The third-order valence-electron chi connectivity index (χ3n) is 8.59. The van der Waals surface area contributed by atoms with Gasteiger partial charge in [0.15, 0.2) is 5.75 Å². The highest BCUT2D eigenvalue weighted by molar-refractivity contribution is 6.37. The topological polar surface area (TPSA) is 97.3 Å². The monoisotopic (exact) mass is 668 g/mol. The number of hydrogen-bond donors (Lipinski definition) is 2. The van der Waals surface area contributed by atoms with Crippen LogP contribution in [0.1, 0.15) is 64.2 Å². The standard InChI is InChI=1S/C36H42Cl2N2O6/c1-23-16-32(37)34(33(38)17-23)46-15-14-45-29-9-5-26(6-10-29)30-11-12-39-21-31(30)35(41)40(28-7-8-28)22-25-18-24(4-3-13-44-2)19-27(20-25)36(42)43/h5-6,9-10,16-20,28,30-31,39H,3-4,7-8,11-15,21-22H2,1-2H3,(H,42,43)/t30-,31+/m1/s1. The molecule has 1 heterocycles. The number of carboxylic acid groups (broad SMARTS) is 1. The van der Waals surface area contributed by atoms with Crippen molar-refractivity contribution >= 4 is 35.1 Å². The Morgan fingerprint density at radius 3 is 2.30 bits per heavy atom. The van der Waals surface area contributed by atoms with Gasteiger partial charge in [0.05, 0.1) is 21.5 Å². The van der Waals surface area contributed by atoms with Crippen LogP contribution in [0.2, 0.25) is 10.0 Å². The third kappa shape index (κ3) is 8.94. The molecule has 1 amide bonds. The average Bonchev–Trinajstić information content (AvgIpc) is 3.88. The van der Waals surface area contributed by atoms with Crippen LogP contribution in [-0.4, -0.2) is 67.9 Å². The molecule has 246 valence electrons. The summed E-state index contributed by atoms with van der Waals surface area (Å²) in [5, 5.41) is 14.1. The third-order valence-corrected chi connectivity index (χ3v) is 9.15. The molecule has 1 saturated heterocycles. The number of carbonyl (C=O) groups is 2. The number of halogens is 2. The number of ether oxygens (including phenoxy) is 3. The molecular weight excluding hydrogens is 627 g/mol. The van der Waals surface area contributed by atoms with Crippen molar-refractivity contribution in [2.24, 2.45) is 5.92 Å². The van der Waals surface area contributed by atoms with Gasteiger partial charge in [-0.25, -0.2) is 4.79 Å². The Kier molecular flexibility index (Phi) is 11.8. The molecule has 10 heteroatoms. The Hall–Kier alpha value is -3.30. The van der Waals surface area contributed by atoms with Crippen LogP contribution in [0.25, 0.3) is 0 Å². The van der Waals surface area contributed by atoms with Crippen molar-refractivity contribution in [3.05, 3.63) is 92.5 Å². The maximum absolute atomic E-state index is 14.2. The summed E-state index contributed by atoms with van der Waals surface area (Å²) < 4.78 is 16.9. The number of amides is 1. The lowest BCUT2D eigenvalue weighted by Gasteiger charge is -2.36. The molecule has 2 fully saturated rings. The van der Waals surface area contributed by atoms with E-state index >= 15 is 0 Å². The Morgan fingerprint density at radius 2 is 1.63 bits per heavy atom. The van der Waals surface area contributed by atoms with E-state index in [9.17, 15) is 14.7 Å². The maximum atomic E-state index is 14.2. The van der Waals surface area contributed by atoms with Crippen LogP contribution in [0.15, 0.2) is 54.6 Å². The molecule has 1 saturated carbocycles. The second kappa shape index (κ2) is 16.0. The molecule has 0 spiro atoms. The van der Waals surface area contributed by atoms with E-state index in [1.54, 1.807) is 19.2 Å². The van der Waals surface area contributed by atoms with E-state index in [4.69, 9.17) is 37.4 Å². The number of benzene rings is 3. The van der Waals surface area contributed by atoms with E-state index in [0.29, 0.717) is 47.8 Å². The lowest BCUT2D eigenvalue weighted by molar-refractivity contribution is -0.138. The minimum absolute atomic E-state index is 0.0631. The minimum atomic E-state index is -0.962. The molecule has 0 unspecified atom stereocenters. The van der Waals surface area contributed by atoms with Crippen LogP contribution in [0.4, 0.5) is 0 Å². The second-order valence-electron chi connectivity index (χ2n) is 12.2. The number of methoxy groups -OCH3 is 1.